The number of benzene rings is 1. The Morgan fingerprint density at radius 1 is 0.837 bits per heavy atom. The molecule has 1 aromatic rings. The highest BCUT2D eigenvalue weighted by Gasteiger charge is 2.39. The largest absolute Gasteiger partial charge is 0.480 e. The average molecular weight is 632 g/mol. The summed E-state index contributed by atoms with van der Waals surface area (Å²) in [6.07, 6.45) is 1.37. The van der Waals surface area contributed by atoms with Gasteiger partial charge in [-0.15, -0.1) is 0 Å². The molecule has 0 unspecified atom stereocenters. The summed E-state index contributed by atoms with van der Waals surface area (Å²) in [6, 6.07) is 2.79. The maximum atomic E-state index is 12.4. The highest BCUT2D eigenvalue weighted by Crippen LogP contribution is 2.28. The summed E-state index contributed by atoms with van der Waals surface area (Å²) in [7, 11) is -3.70. The molecule has 1 aliphatic carbocycles. The van der Waals surface area contributed by atoms with E-state index in [1.165, 1.54) is 0 Å². The molecule has 0 aromatic heterocycles. The number of hydrogen-bond donors (Lipinski definition) is 4. The van der Waals surface area contributed by atoms with Gasteiger partial charge in [0.25, 0.3) is 5.69 Å². The summed E-state index contributed by atoms with van der Waals surface area (Å²) in [6.45, 7) is -2.25. The van der Waals surface area contributed by atoms with Gasteiger partial charge in [0.15, 0.2) is 27.2 Å². The standard InChI is InChI=1S/C14H13NO7S.C10H16N2O8/c1-23(21,22)8-5-6-9(10(7-8)15(19)20)14(18)13-11(16)3-2-4-12(13)17;13-7(14)3-11(4-8(15)16)1-2-12(5-9(17)18)6-10(19)20/h5-7,13H,2-4H2,1H3;1-6H2,(H,13,14)(H,15,16)(H,17,18)(H,19,20). The Hall–Kier alpha value is -4.62. The normalized spacial score (nSPS) is 13.7. The zero-order valence-corrected chi connectivity index (χ0v) is 23.5. The predicted molar refractivity (Wildman–Crippen MR) is 141 cm³/mol. The van der Waals surface area contributed by atoms with Crippen LogP contribution in [0.4, 0.5) is 5.69 Å². The van der Waals surface area contributed by atoms with Crippen molar-refractivity contribution < 1.29 is 67.3 Å². The molecule has 1 saturated carbocycles. The van der Waals surface area contributed by atoms with Crippen molar-refractivity contribution in [2.24, 2.45) is 5.92 Å². The summed E-state index contributed by atoms with van der Waals surface area (Å²) in [5.41, 5.74) is -1.17. The van der Waals surface area contributed by atoms with E-state index >= 15 is 0 Å². The minimum absolute atomic E-state index is 0.0668. The Labute approximate surface area is 243 Å². The third-order valence-electron chi connectivity index (χ3n) is 5.78. The topological polar surface area (TPSA) is 284 Å². The maximum absolute atomic E-state index is 12.4. The van der Waals surface area contributed by atoms with Crippen LogP contribution in [0.2, 0.25) is 0 Å². The lowest BCUT2D eigenvalue weighted by molar-refractivity contribution is -0.385. The zero-order chi connectivity index (χ0) is 33.1. The summed E-state index contributed by atoms with van der Waals surface area (Å²) in [4.78, 5) is 90.3. The summed E-state index contributed by atoms with van der Waals surface area (Å²) >= 11 is 0. The number of sulfone groups is 1. The molecule has 236 valence electrons. The Kier molecular flexibility index (Phi) is 13.7. The van der Waals surface area contributed by atoms with Gasteiger partial charge in [0, 0.05) is 38.3 Å². The van der Waals surface area contributed by atoms with E-state index in [0.29, 0.717) is 6.42 Å². The number of rotatable bonds is 15. The molecule has 0 spiro atoms. The number of Topliss-reactive ketones (excluding diaryl/α,β-unsaturated/α-hetero) is 3. The van der Waals surface area contributed by atoms with Gasteiger partial charge in [0.1, 0.15) is 5.92 Å². The quantitative estimate of drug-likeness (QED) is 0.0785. The lowest BCUT2D eigenvalue weighted by Gasteiger charge is -2.23. The molecule has 0 amide bonds. The van der Waals surface area contributed by atoms with Gasteiger partial charge in [-0.3, -0.25) is 53.5 Å². The van der Waals surface area contributed by atoms with Crippen LogP contribution < -0.4 is 0 Å². The van der Waals surface area contributed by atoms with E-state index in [2.05, 4.69) is 0 Å². The number of ketones is 3. The lowest BCUT2D eigenvalue weighted by atomic mass is 9.81. The molecule has 1 fully saturated rings. The molecule has 18 nitrogen and oxygen atoms in total. The molecule has 1 aromatic carbocycles. The van der Waals surface area contributed by atoms with Gasteiger partial charge >= 0.3 is 23.9 Å². The first-order valence-electron chi connectivity index (χ1n) is 12.2. The van der Waals surface area contributed by atoms with Crippen LogP contribution in [0.15, 0.2) is 23.1 Å². The molecule has 43 heavy (non-hydrogen) atoms. The van der Waals surface area contributed by atoms with E-state index < -0.39 is 99.3 Å². The van der Waals surface area contributed by atoms with Gasteiger partial charge in [0.05, 0.1) is 41.6 Å². The second kappa shape index (κ2) is 16.1. The van der Waals surface area contributed by atoms with E-state index in [9.17, 15) is 52.1 Å². The van der Waals surface area contributed by atoms with E-state index in [1.807, 2.05) is 0 Å². The minimum Gasteiger partial charge on any atom is -0.480 e. The lowest BCUT2D eigenvalue weighted by Crippen LogP contribution is -2.43. The van der Waals surface area contributed by atoms with Crippen LogP contribution in [0.5, 0.6) is 0 Å². The molecule has 0 saturated heterocycles. The SMILES string of the molecule is CS(=O)(=O)c1ccc(C(=O)C2C(=O)CCCC2=O)c([N+](=O)[O-])c1.O=C(O)CN(CCN(CC(=O)O)CC(=O)O)CC(=O)O. The average Bonchev–Trinajstić information content (AvgIpc) is 2.85. The first-order valence-corrected chi connectivity index (χ1v) is 14.1. The van der Waals surface area contributed by atoms with Crippen molar-refractivity contribution in [1.82, 2.24) is 9.80 Å². The van der Waals surface area contributed by atoms with Gasteiger partial charge in [0.2, 0.25) is 0 Å². The van der Waals surface area contributed by atoms with Crippen LogP contribution in [0.1, 0.15) is 29.6 Å². The maximum Gasteiger partial charge on any atom is 0.317 e. The van der Waals surface area contributed by atoms with Gasteiger partial charge in [-0.05, 0) is 18.6 Å². The zero-order valence-electron chi connectivity index (χ0n) is 22.7. The Bertz CT molecular complexity index is 1320. The van der Waals surface area contributed by atoms with Crippen molar-refractivity contribution in [2.75, 3.05) is 45.5 Å². The molecule has 0 heterocycles. The highest BCUT2D eigenvalue weighted by molar-refractivity contribution is 7.90. The van der Waals surface area contributed by atoms with E-state index in [0.717, 1.165) is 34.3 Å². The van der Waals surface area contributed by atoms with E-state index in [4.69, 9.17) is 20.4 Å². The molecule has 2 rings (SSSR count). The van der Waals surface area contributed by atoms with Crippen molar-refractivity contribution in [3.05, 3.63) is 33.9 Å². The number of carboxylic acids is 4. The summed E-state index contributed by atoms with van der Waals surface area (Å²) in [5.74, 6) is -8.52. The second-order valence-electron chi connectivity index (χ2n) is 9.29. The van der Waals surface area contributed by atoms with Crippen molar-refractivity contribution in [2.45, 2.75) is 24.2 Å². The highest BCUT2D eigenvalue weighted by atomic mass is 32.2. The van der Waals surface area contributed by atoms with Crippen LogP contribution in [-0.4, -0.2) is 130 Å². The molecule has 0 atom stereocenters. The summed E-state index contributed by atoms with van der Waals surface area (Å²) < 4.78 is 23.0. The Morgan fingerprint density at radius 3 is 1.56 bits per heavy atom. The van der Waals surface area contributed by atoms with Crippen molar-refractivity contribution in [3.8, 4) is 0 Å². The fourth-order valence-electron chi connectivity index (χ4n) is 3.93. The second-order valence-corrected chi connectivity index (χ2v) is 11.3. The monoisotopic (exact) mass is 631 g/mol. The molecule has 0 aliphatic heterocycles. The Balaban J connectivity index is 0.000000436. The first kappa shape index (κ1) is 36.4. The van der Waals surface area contributed by atoms with Gasteiger partial charge in [-0.25, -0.2) is 8.42 Å². The number of carbonyl (C=O) groups excluding carboxylic acids is 3. The van der Waals surface area contributed by atoms with Crippen LogP contribution in [0.25, 0.3) is 0 Å². The van der Waals surface area contributed by atoms with E-state index in [-0.39, 0.29) is 30.8 Å². The number of aliphatic carboxylic acids is 4. The molecule has 19 heteroatoms. The number of hydrogen-bond acceptors (Lipinski definition) is 13. The number of nitrogens with zero attached hydrogens (tertiary/aromatic N) is 3. The summed E-state index contributed by atoms with van der Waals surface area (Å²) in [5, 5.41) is 45.6. The van der Waals surface area contributed by atoms with Crippen molar-refractivity contribution >= 4 is 56.8 Å². The van der Waals surface area contributed by atoms with Gasteiger partial charge in [-0.2, -0.15) is 0 Å². The third kappa shape index (κ3) is 12.4. The number of carboxylic acid groups (broad SMARTS) is 4. The first-order chi connectivity index (χ1) is 19.8. The molecule has 0 radical (unpaired) electrons. The van der Waals surface area contributed by atoms with Crippen molar-refractivity contribution in [1.29, 1.82) is 0 Å². The molecular weight excluding hydrogens is 602 g/mol. The fraction of sp³-hybridized carbons (Fsp3) is 0.458. The molecule has 0 bridgehead atoms. The van der Waals surface area contributed by atoms with Crippen LogP contribution >= 0.6 is 0 Å². The van der Waals surface area contributed by atoms with Crippen LogP contribution in [-0.2, 0) is 38.6 Å². The molecular formula is C24H29N3O15S. The molecule has 1 aliphatic rings. The van der Waals surface area contributed by atoms with Crippen LogP contribution in [0, 0.1) is 16.0 Å². The minimum atomic E-state index is -3.70. The number of nitro benzene ring substituents is 1. The Morgan fingerprint density at radius 2 is 1.23 bits per heavy atom. The fourth-order valence-corrected chi connectivity index (χ4v) is 4.57. The van der Waals surface area contributed by atoms with Gasteiger partial charge < -0.3 is 20.4 Å². The third-order valence-corrected chi connectivity index (χ3v) is 6.89. The van der Waals surface area contributed by atoms with Crippen LogP contribution in [0.3, 0.4) is 0 Å². The number of nitro groups is 1. The predicted octanol–water partition coefficient (Wildman–Crippen LogP) is -0.952. The van der Waals surface area contributed by atoms with E-state index in [1.54, 1.807) is 0 Å². The van der Waals surface area contributed by atoms with Gasteiger partial charge in [-0.1, -0.05) is 0 Å². The number of carbonyl (C=O) groups is 7. The molecule has 4 N–H and O–H groups in total. The van der Waals surface area contributed by atoms with Crippen molar-refractivity contribution in [3.63, 3.8) is 0 Å². The smallest absolute Gasteiger partial charge is 0.317 e.